The Morgan fingerprint density at radius 3 is 2.16 bits per heavy atom. The number of H-pyrrole nitrogens is 1. The van der Waals surface area contributed by atoms with Gasteiger partial charge in [0.15, 0.2) is 6.61 Å². The van der Waals surface area contributed by atoms with Gasteiger partial charge < -0.3 is 24.1 Å². The van der Waals surface area contributed by atoms with Gasteiger partial charge in [-0.05, 0) is 13.3 Å². The van der Waals surface area contributed by atoms with Crippen molar-refractivity contribution in [1.29, 1.82) is 0 Å². The molecule has 8 heteroatoms. The van der Waals surface area contributed by atoms with E-state index >= 15 is 0 Å². The molecule has 1 heterocycles. The maximum atomic E-state index is 12.1. The highest BCUT2D eigenvalue weighted by molar-refractivity contribution is 5.90. The van der Waals surface area contributed by atoms with Crippen molar-refractivity contribution >= 4 is 17.8 Å². The van der Waals surface area contributed by atoms with Crippen LogP contribution in [0.4, 0.5) is 0 Å². The Hall–Kier alpha value is -2.51. The highest BCUT2D eigenvalue weighted by Crippen LogP contribution is 2.15. The molecule has 8 nitrogen and oxygen atoms in total. The molecule has 1 N–H and O–H groups in total. The van der Waals surface area contributed by atoms with E-state index in [1.807, 2.05) is 0 Å². The number of nitrogens with zero attached hydrogens (tertiary/aromatic N) is 1. The molecule has 0 spiro atoms. The Labute approximate surface area is 192 Å². The zero-order valence-electron chi connectivity index (χ0n) is 20.0. The number of carbonyl (C=O) groups is 3. The van der Waals surface area contributed by atoms with E-state index in [-0.39, 0.29) is 18.8 Å². The van der Waals surface area contributed by atoms with Crippen LogP contribution in [0.1, 0.15) is 88.5 Å². The zero-order valence-corrected chi connectivity index (χ0v) is 20.0. The molecule has 182 valence electrons. The van der Waals surface area contributed by atoms with Crippen LogP contribution in [0, 0.1) is 0 Å². The van der Waals surface area contributed by atoms with Crippen LogP contribution in [-0.4, -0.2) is 61.1 Å². The van der Waals surface area contributed by atoms with Gasteiger partial charge in [-0.15, -0.1) is 0 Å². The van der Waals surface area contributed by atoms with E-state index in [2.05, 4.69) is 11.9 Å². The van der Waals surface area contributed by atoms with Crippen molar-refractivity contribution in [3.63, 3.8) is 0 Å². The lowest BCUT2D eigenvalue weighted by Gasteiger charge is -2.15. The van der Waals surface area contributed by atoms with E-state index in [9.17, 15) is 14.4 Å². The van der Waals surface area contributed by atoms with Crippen LogP contribution < -0.4 is 4.74 Å². The van der Waals surface area contributed by atoms with Gasteiger partial charge in [0.2, 0.25) is 0 Å². The number of hydrogen-bond acceptors (Lipinski definition) is 6. The summed E-state index contributed by atoms with van der Waals surface area (Å²) in [6, 6.07) is 1.56. The molecule has 0 bridgehead atoms. The van der Waals surface area contributed by atoms with Gasteiger partial charge in [0.1, 0.15) is 18.0 Å². The number of unbranched alkanes of at least 4 members (excludes halogenated alkanes) is 9. The Balaban J connectivity index is 2.15. The fourth-order valence-electron chi connectivity index (χ4n) is 3.16. The van der Waals surface area contributed by atoms with Crippen LogP contribution >= 0.6 is 0 Å². The molecule has 0 saturated heterocycles. The third-order valence-corrected chi connectivity index (χ3v) is 5.07. The summed E-state index contributed by atoms with van der Waals surface area (Å²) in [5.41, 5.74) is 0.212. The summed E-state index contributed by atoms with van der Waals surface area (Å²) in [6.07, 6.45) is 14.2. The number of nitrogens with one attached hydrogen (secondary N) is 1. The molecule has 0 aliphatic rings. The van der Waals surface area contributed by atoms with Crippen LogP contribution in [-0.2, 0) is 19.1 Å². The van der Waals surface area contributed by atoms with E-state index in [1.165, 1.54) is 58.4 Å². The Kier molecular flexibility index (Phi) is 14.7. The second kappa shape index (κ2) is 17.1. The average Bonchev–Trinajstić information content (AvgIpc) is 3.24. The molecule has 0 radical (unpaired) electrons. The first-order valence-corrected chi connectivity index (χ1v) is 11.9. The number of carbonyl (C=O) groups excluding carboxylic acids is 3. The maximum absolute atomic E-state index is 12.1. The normalized spacial score (nSPS) is 10.6. The number of esters is 2. The summed E-state index contributed by atoms with van der Waals surface area (Å²) in [5, 5.41) is 0. The quantitative estimate of drug-likeness (QED) is 0.260. The predicted molar refractivity (Wildman–Crippen MR) is 123 cm³/mol. The zero-order chi connectivity index (χ0) is 23.6. The first-order valence-electron chi connectivity index (χ1n) is 11.9. The molecule has 1 rings (SSSR count). The van der Waals surface area contributed by atoms with E-state index < -0.39 is 24.5 Å². The lowest BCUT2D eigenvalue weighted by atomic mass is 10.1. The van der Waals surface area contributed by atoms with Crippen LogP contribution in [0.5, 0.6) is 5.75 Å². The molecule has 0 aliphatic heterocycles. The first-order chi connectivity index (χ1) is 15.5. The van der Waals surface area contributed by atoms with Gasteiger partial charge in [0, 0.05) is 19.3 Å². The summed E-state index contributed by atoms with van der Waals surface area (Å²) in [7, 11) is 1.45. The number of likely N-dealkylation sites (N-methyl/N-ethyl adjacent to an activating group) is 1. The monoisotopic (exact) mass is 452 g/mol. The predicted octanol–water partition coefficient (Wildman–Crippen LogP) is 4.49. The average molecular weight is 453 g/mol. The molecule has 1 amide bonds. The van der Waals surface area contributed by atoms with Crippen molar-refractivity contribution in [2.45, 2.75) is 78.1 Å². The fraction of sp³-hybridized carbons (Fsp3) is 0.708. The lowest BCUT2D eigenvalue weighted by molar-refractivity contribution is -0.148. The number of aromatic amines is 1. The fourth-order valence-corrected chi connectivity index (χ4v) is 3.16. The SMILES string of the molecule is CCCCCCCCCCCCOc1c[nH]c(C(=O)OCC(=O)N(C)CC(=O)OCC)c1. The Bertz CT molecular complexity index is 673. The van der Waals surface area contributed by atoms with Crippen molar-refractivity contribution in [2.24, 2.45) is 0 Å². The van der Waals surface area contributed by atoms with Gasteiger partial charge in [-0.2, -0.15) is 0 Å². The van der Waals surface area contributed by atoms with E-state index in [0.717, 1.165) is 17.7 Å². The van der Waals surface area contributed by atoms with Gasteiger partial charge in [-0.3, -0.25) is 9.59 Å². The minimum absolute atomic E-state index is 0.191. The second-order valence-corrected chi connectivity index (χ2v) is 7.91. The minimum atomic E-state index is -0.656. The summed E-state index contributed by atoms with van der Waals surface area (Å²) in [6.45, 7) is 4.12. The van der Waals surface area contributed by atoms with Gasteiger partial charge in [-0.25, -0.2) is 4.79 Å². The van der Waals surface area contributed by atoms with Crippen molar-refractivity contribution in [3.8, 4) is 5.75 Å². The van der Waals surface area contributed by atoms with Gasteiger partial charge in [0.05, 0.1) is 13.2 Å². The molecule has 32 heavy (non-hydrogen) atoms. The lowest BCUT2D eigenvalue weighted by Crippen LogP contribution is -2.36. The number of rotatable bonds is 18. The Morgan fingerprint density at radius 1 is 0.906 bits per heavy atom. The molecule has 0 aromatic carbocycles. The first kappa shape index (κ1) is 27.5. The molecule has 0 fully saturated rings. The van der Waals surface area contributed by atoms with Gasteiger partial charge in [0.25, 0.3) is 5.91 Å². The van der Waals surface area contributed by atoms with Crippen molar-refractivity contribution < 1.29 is 28.6 Å². The second-order valence-electron chi connectivity index (χ2n) is 7.91. The highest BCUT2D eigenvalue weighted by atomic mass is 16.5. The van der Waals surface area contributed by atoms with Crippen LogP contribution in [0.2, 0.25) is 0 Å². The van der Waals surface area contributed by atoms with Crippen LogP contribution in [0.15, 0.2) is 12.3 Å². The molecule has 1 aromatic rings. The summed E-state index contributed by atoms with van der Waals surface area (Å²) in [4.78, 5) is 39.4. The number of aromatic nitrogens is 1. The maximum Gasteiger partial charge on any atom is 0.355 e. The molecule has 0 atom stereocenters. The minimum Gasteiger partial charge on any atom is -0.492 e. The van der Waals surface area contributed by atoms with Gasteiger partial charge >= 0.3 is 11.9 Å². The standard InChI is InChI=1S/C24H40N2O6/c1-4-6-7-8-9-10-11-12-13-14-15-31-20-16-21(25-17-20)24(29)32-19-22(27)26(3)18-23(28)30-5-2/h16-17,25H,4-15,18-19H2,1-3H3. The highest BCUT2D eigenvalue weighted by Gasteiger charge is 2.17. The molecule has 0 saturated carbocycles. The number of ether oxygens (including phenoxy) is 3. The van der Waals surface area contributed by atoms with E-state index in [4.69, 9.17) is 14.2 Å². The molecular weight excluding hydrogens is 412 g/mol. The number of hydrogen-bond donors (Lipinski definition) is 1. The van der Waals surface area contributed by atoms with Crippen molar-refractivity contribution in [1.82, 2.24) is 9.88 Å². The van der Waals surface area contributed by atoms with Gasteiger partial charge in [-0.1, -0.05) is 64.7 Å². The van der Waals surface area contributed by atoms with E-state index in [0.29, 0.717) is 12.4 Å². The summed E-state index contributed by atoms with van der Waals surface area (Å²) >= 11 is 0. The summed E-state index contributed by atoms with van der Waals surface area (Å²) in [5.74, 6) is -1.09. The third-order valence-electron chi connectivity index (χ3n) is 5.07. The van der Waals surface area contributed by atoms with Crippen LogP contribution in [0.25, 0.3) is 0 Å². The molecular formula is C24H40N2O6. The number of amides is 1. The Morgan fingerprint density at radius 2 is 1.53 bits per heavy atom. The van der Waals surface area contributed by atoms with Crippen molar-refractivity contribution in [2.75, 3.05) is 33.4 Å². The van der Waals surface area contributed by atoms with Crippen molar-refractivity contribution in [3.05, 3.63) is 18.0 Å². The molecule has 0 aliphatic carbocycles. The molecule has 0 unspecified atom stereocenters. The smallest absolute Gasteiger partial charge is 0.355 e. The van der Waals surface area contributed by atoms with Crippen LogP contribution in [0.3, 0.4) is 0 Å². The topological polar surface area (TPSA) is 97.9 Å². The largest absolute Gasteiger partial charge is 0.492 e. The third kappa shape index (κ3) is 12.4. The molecule has 1 aromatic heterocycles. The van der Waals surface area contributed by atoms with E-state index in [1.54, 1.807) is 19.2 Å². The summed E-state index contributed by atoms with van der Waals surface area (Å²) < 4.78 is 15.5.